The Kier molecular flexibility index (Phi) is 22.9. The third-order valence-corrected chi connectivity index (χ3v) is 4.26. The van der Waals surface area contributed by atoms with Gasteiger partial charge >= 0.3 is 11.9 Å². The van der Waals surface area contributed by atoms with Crippen LogP contribution in [0.2, 0.25) is 0 Å². The maximum atomic E-state index is 11.9. The Morgan fingerprint density at radius 1 is 0.514 bits per heavy atom. The zero-order valence-corrected chi connectivity index (χ0v) is 23.2. The average Bonchev–Trinajstić information content (AvgIpc) is 2.76. The summed E-state index contributed by atoms with van der Waals surface area (Å²) in [5.41, 5.74) is 24.7. The van der Waals surface area contributed by atoms with E-state index in [1.807, 2.05) is 0 Å². The minimum Gasteiger partial charge on any atom is -0.460 e. The number of carbonyl (C=O) groups excluding carboxylic acids is 2. The van der Waals surface area contributed by atoms with Crippen LogP contribution in [0.15, 0.2) is 36.4 Å². The van der Waals surface area contributed by atoms with Crippen LogP contribution < -0.4 is 22.9 Å². The highest BCUT2D eigenvalue weighted by Gasteiger charge is 2.12. The number of hydrogen-bond acceptors (Lipinski definition) is 11. The second-order valence-corrected chi connectivity index (χ2v) is 6.80. The first-order chi connectivity index (χ1) is 15.9. The van der Waals surface area contributed by atoms with Crippen LogP contribution in [0.5, 0.6) is 0 Å². The van der Waals surface area contributed by atoms with Gasteiger partial charge in [-0.15, -0.1) is 49.6 Å². The third-order valence-electron chi connectivity index (χ3n) is 4.26. The summed E-state index contributed by atoms with van der Waals surface area (Å²) in [7, 11) is 0. The SMILES string of the molecule is Cl.Cl.Cl.Cl.Nc1ccc(C(=O)OCCOCCOCCOCCOC(=O)c2ccc(N)cc2N)c(N)c1. The maximum Gasteiger partial charge on any atom is 0.340 e. The van der Waals surface area contributed by atoms with Crippen LogP contribution >= 0.6 is 49.6 Å². The largest absolute Gasteiger partial charge is 0.460 e. The number of ether oxygens (including phenoxy) is 5. The van der Waals surface area contributed by atoms with Crippen LogP contribution in [0, 0.1) is 0 Å². The van der Waals surface area contributed by atoms with Gasteiger partial charge in [0.25, 0.3) is 0 Å². The van der Waals surface area contributed by atoms with Gasteiger partial charge in [0.2, 0.25) is 0 Å². The lowest BCUT2D eigenvalue weighted by Gasteiger charge is -2.09. The van der Waals surface area contributed by atoms with Gasteiger partial charge < -0.3 is 46.6 Å². The first kappa shape index (κ1) is 39.1. The molecule has 0 heterocycles. The minimum atomic E-state index is -0.535. The molecular weight excluding hydrogens is 574 g/mol. The molecule has 0 fully saturated rings. The summed E-state index contributed by atoms with van der Waals surface area (Å²) in [5, 5.41) is 0. The Bertz CT molecular complexity index is 868. The molecule has 8 N–H and O–H groups in total. The predicted octanol–water partition coefficient (Wildman–Crippen LogP) is 2.77. The quantitative estimate of drug-likeness (QED) is 0.141. The highest BCUT2D eigenvalue weighted by Crippen LogP contribution is 2.17. The van der Waals surface area contributed by atoms with Crippen LogP contribution in [-0.2, 0) is 23.7 Å². The lowest BCUT2D eigenvalue weighted by molar-refractivity contribution is -0.00671. The van der Waals surface area contributed by atoms with Crippen molar-refractivity contribution in [2.24, 2.45) is 0 Å². The topological polar surface area (TPSA) is 184 Å². The number of nitrogens with two attached hydrogens (primary N) is 4. The van der Waals surface area contributed by atoms with Crippen LogP contribution in [0.3, 0.4) is 0 Å². The van der Waals surface area contributed by atoms with E-state index in [1.165, 1.54) is 24.3 Å². The molecule has 0 unspecified atom stereocenters. The highest BCUT2D eigenvalue weighted by molar-refractivity contribution is 5.96. The summed E-state index contributed by atoms with van der Waals surface area (Å²) in [6.45, 7) is 2.01. The number of carbonyl (C=O) groups is 2. The molecule has 11 nitrogen and oxygen atoms in total. The second-order valence-electron chi connectivity index (χ2n) is 6.80. The first-order valence-corrected chi connectivity index (χ1v) is 10.3. The molecule has 0 bridgehead atoms. The predicted molar refractivity (Wildman–Crippen MR) is 153 cm³/mol. The van der Waals surface area contributed by atoms with Crippen molar-refractivity contribution in [2.75, 3.05) is 75.8 Å². The van der Waals surface area contributed by atoms with Crippen molar-refractivity contribution in [2.45, 2.75) is 0 Å². The van der Waals surface area contributed by atoms with Crippen LogP contribution in [-0.4, -0.2) is 64.8 Å². The molecule has 0 saturated heterocycles. The van der Waals surface area contributed by atoms with Gasteiger partial charge in [-0.2, -0.15) is 0 Å². The van der Waals surface area contributed by atoms with Gasteiger partial charge in [0, 0.05) is 22.7 Å². The number of anilines is 4. The summed E-state index contributed by atoms with van der Waals surface area (Å²) in [6.07, 6.45) is 0. The van der Waals surface area contributed by atoms with Gasteiger partial charge in [-0.3, -0.25) is 0 Å². The summed E-state index contributed by atoms with van der Waals surface area (Å²) in [5.74, 6) is -1.07. The molecule has 2 aromatic carbocycles. The van der Waals surface area contributed by atoms with Gasteiger partial charge in [-0.1, -0.05) is 0 Å². The van der Waals surface area contributed by atoms with Crippen molar-refractivity contribution in [3.8, 4) is 0 Å². The van der Waals surface area contributed by atoms with E-state index in [0.29, 0.717) is 37.8 Å². The smallest absolute Gasteiger partial charge is 0.340 e. The van der Waals surface area contributed by atoms with E-state index in [2.05, 4.69) is 0 Å². The number of hydrogen-bond donors (Lipinski definition) is 4. The summed E-state index contributed by atoms with van der Waals surface area (Å²) in [6, 6.07) is 9.19. The number of halogens is 4. The molecule has 15 heteroatoms. The second kappa shape index (κ2) is 21.7. The normalized spacial score (nSPS) is 9.51. The summed E-state index contributed by atoms with van der Waals surface area (Å²) in [4.78, 5) is 23.8. The molecule has 0 amide bonds. The fraction of sp³-hybridized carbons (Fsp3) is 0.364. The number of benzene rings is 2. The van der Waals surface area contributed by atoms with Crippen molar-refractivity contribution >= 4 is 84.3 Å². The van der Waals surface area contributed by atoms with E-state index in [9.17, 15) is 9.59 Å². The van der Waals surface area contributed by atoms with Gasteiger partial charge in [0.05, 0.1) is 50.8 Å². The van der Waals surface area contributed by atoms with Crippen LogP contribution in [0.4, 0.5) is 22.7 Å². The van der Waals surface area contributed by atoms with E-state index < -0.39 is 11.9 Å². The van der Waals surface area contributed by atoms with Gasteiger partial charge in [-0.05, 0) is 36.4 Å². The fourth-order valence-electron chi connectivity index (χ4n) is 2.62. The monoisotopic (exact) mass is 606 g/mol. The van der Waals surface area contributed by atoms with E-state index in [4.69, 9.17) is 46.6 Å². The molecule has 2 rings (SSSR count). The molecule has 0 spiro atoms. The first-order valence-electron chi connectivity index (χ1n) is 10.3. The molecule has 0 radical (unpaired) electrons. The zero-order valence-electron chi connectivity index (χ0n) is 19.9. The lowest BCUT2D eigenvalue weighted by Crippen LogP contribution is -2.16. The standard InChI is InChI=1S/C22H30N4O7.4ClH/c23-15-1-3-17(19(25)13-15)21(27)32-11-9-30-7-5-29-6-8-31-10-12-33-22(28)18-4-2-16(24)14-20(18)26;;;;/h1-4,13-14H,5-12,23-26H2;4*1H. The lowest BCUT2D eigenvalue weighted by atomic mass is 10.1. The Labute approximate surface area is 240 Å². The fourth-order valence-corrected chi connectivity index (χ4v) is 2.62. The third kappa shape index (κ3) is 14.8. The van der Waals surface area contributed by atoms with Crippen molar-refractivity contribution in [3.05, 3.63) is 47.5 Å². The van der Waals surface area contributed by atoms with Crippen molar-refractivity contribution in [1.82, 2.24) is 0 Å². The van der Waals surface area contributed by atoms with E-state index >= 15 is 0 Å². The van der Waals surface area contributed by atoms with Gasteiger partial charge in [0.1, 0.15) is 13.2 Å². The highest BCUT2D eigenvalue weighted by atomic mass is 35.5. The number of nitrogen functional groups attached to an aromatic ring is 4. The van der Waals surface area contributed by atoms with Crippen molar-refractivity contribution < 1.29 is 33.3 Å². The van der Waals surface area contributed by atoms with E-state index in [1.54, 1.807) is 12.1 Å². The molecular formula is C22H34Cl4N4O7. The minimum absolute atomic E-state index is 0. The molecule has 0 aliphatic heterocycles. The molecule has 0 aromatic heterocycles. The molecule has 0 aliphatic carbocycles. The van der Waals surface area contributed by atoms with E-state index in [0.717, 1.165) is 0 Å². The van der Waals surface area contributed by atoms with E-state index in [-0.39, 0.29) is 98.6 Å². The molecule has 0 atom stereocenters. The van der Waals surface area contributed by atoms with Gasteiger partial charge in [-0.25, -0.2) is 9.59 Å². The Morgan fingerprint density at radius 2 is 0.811 bits per heavy atom. The van der Waals surface area contributed by atoms with Crippen LogP contribution in [0.25, 0.3) is 0 Å². The molecule has 212 valence electrons. The molecule has 0 saturated carbocycles. The molecule has 0 aliphatic rings. The molecule has 37 heavy (non-hydrogen) atoms. The van der Waals surface area contributed by atoms with Gasteiger partial charge in [0.15, 0.2) is 0 Å². The van der Waals surface area contributed by atoms with Crippen molar-refractivity contribution in [3.63, 3.8) is 0 Å². The molecule has 2 aromatic rings. The number of esters is 2. The average molecular weight is 608 g/mol. The maximum absolute atomic E-state index is 11.9. The Morgan fingerprint density at radius 3 is 1.11 bits per heavy atom. The Balaban J connectivity index is -0.00000289. The number of rotatable bonds is 14. The van der Waals surface area contributed by atoms with Crippen molar-refractivity contribution in [1.29, 1.82) is 0 Å². The summed E-state index contributed by atoms with van der Waals surface area (Å²) >= 11 is 0. The Hall–Kier alpha value is -2.38. The van der Waals surface area contributed by atoms with Crippen LogP contribution in [0.1, 0.15) is 20.7 Å². The zero-order chi connectivity index (χ0) is 24.1. The summed E-state index contributed by atoms with van der Waals surface area (Å²) < 4.78 is 26.2.